The van der Waals surface area contributed by atoms with Gasteiger partial charge >= 0.3 is 0 Å². The van der Waals surface area contributed by atoms with Gasteiger partial charge in [0, 0.05) is 39.8 Å². The van der Waals surface area contributed by atoms with Crippen molar-refractivity contribution < 1.29 is 0 Å². The zero-order valence-electron chi connectivity index (χ0n) is 31.0. The molecule has 4 heterocycles. The van der Waals surface area contributed by atoms with Gasteiger partial charge in [0.05, 0.1) is 33.8 Å². The molecule has 4 heteroatoms. The highest BCUT2D eigenvalue weighted by Crippen LogP contribution is 2.42. The fraction of sp³-hybridized carbons (Fsp3) is 0.0577. The molecule has 0 N–H and O–H groups in total. The molecule has 4 nitrogen and oxygen atoms in total. The molecule has 56 heavy (non-hydrogen) atoms. The normalized spacial score (nSPS) is 15.1. The molecule has 0 amide bonds. The minimum absolute atomic E-state index is 0.223. The lowest BCUT2D eigenvalue weighted by Gasteiger charge is -2.26. The molecule has 0 aliphatic heterocycles. The Morgan fingerprint density at radius 1 is 0.482 bits per heavy atom. The molecule has 0 fully saturated rings. The molecular formula is C52H38N4. The average Bonchev–Trinajstić information content (AvgIpc) is 3.61. The Labute approximate surface area is 326 Å². The van der Waals surface area contributed by atoms with Crippen molar-refractivity contribution in [3.8, 4) is 61.7 Å². The van der Waals surface area contributed by atoms with Crippen LogP contribution in [0.25, 0.3) is 83.5 Å². The Morgan fingerprint density at radius 3 is 1.84 bits per heavy atom. The third kappa shape index (κ3) is 6.02. The molecule has 5 aromatic carbocycles. The van der Waals surface area contributed by atoms with Gasteiger partial charge in [-0.15, -0.1) is 0 Å². The number of allylic oxidation sites excluding steroid dienone is 4. The van der Waals surface area contributed by atoms with E-state index in [1.165, 1.54) is 21.9 Å². The molecule has 4 aromatic heterocycles. The third-order valence-corrected chi connectivity index (χ3v) is 11.1. The summed E-state index contributed by atoms with van der Waals surface area (Å²) in [5.74, 6) is 0. The second-order valence-corrected chi connectivity index (χ2v) is 14.7. The van der Waals surface area contributed by atoms with Crippen molar-refractivity contribution in [2.24, 2.45) is 0 Å². The van der Waals surface area contributed by atoms with Gasteiger partial charge in [0.2, 0.25) is 0 Å². The Kier molecular flexibility index (Phi) is 8.30. The van der Waals surface area contributed by atoms with E-state index in [2.05, 4.69) is 180 Å². The minimum Gasteiger partial charge on any atom is -0.309 e. The molecule has 10 rings (SSSR count). The van der Waals surface area contributed by atoms with Crippen molar-refractivity contribution in [3.63, 3.8) is 0 Å². The van der Waals surface area contributed by atoms with Gasteiger partial charge in [0.15, 0.2) is 0 Å². The van der Waals surface area contributed by atoms with E-state index in [-0.39, 0.29) is 5.41 Å². The maximum absolute atomic E-state index is 5.11. The number of pyridine rings is 3. The maximum atomic E-state index is 5.11. The van der Waals surface area contributed by atoms with Crippen LogP contribution in [0.5, 0.6) is 0 Å². The highest BCUT2D eigenvalue weighted by atomic mass is 15.0. The number of benzene rings is 5. The molecule has 0 radical (unpaired) electrons. The van der Waals surface area contributed by atoms with Crippen LogP contribution in [-0.4, -0.2) is 19.5 Å². The van der Waals surface area contributed by atoms with Crippen molar-refractivity contribution in [3.05, 3.63) is 206 Å². The molecule has 1 aliphatic carbocycles. The van der Waals surface area contributed by atoms with Crippen LogP contribution in [0.15, 0.2) is 200 Å². The summed E-state index contributed by atoms with van der Waals surface area (Å²) in [5.41, 5.74) is 15.0. The summed E-state index contributed by atoms with van der Waals surface area (Å²) in [5, 5.41) is 2.39. The van der Waals surface area contributed by atoms with Gasteiger partial charge in [-0.05, 0) is 94.4 Å². The molecule has 0 saturated carbocycles. The summed E-state index contributed by atoms with van der Waals surface area (Å²) in [6.07, 6.45) is 13.5. The van der Waals surface area contributed by atoms with E-state index in [1.807, 2.05) is 36.7 Å². The van der Waals surface area contributed by atoms with Crippen LogP contribution in [0.2, 0.25) is 0 Å². The number of hydrogen-bond acceptors (Lipinski definition) is 3. The average molecular weight is 719 g/mol. The van der Waals surface area contributed by atoms with Gasteiger partial charge in [-0.25, -0.2) is 4.98 Å². The van der Waals surface area contributed by atoms with E-state index >= 15 is 0 Å². The number of aromatic nitrogens is 4. The van der Waals surface area contributed by atoms with E-state index in [9.17, 15) is 0 Å². The SMILES string of the molecule is C[C@@]1(c2nccc3c2c2cc(-c4ccc(-c5cc(-c6ccccc6)nc(-c6ccccn6)c5)cc4)ccc2n3-c2ccc(-c3ccccc3)cc2)C=CC=CC1. The van der Waals surface area contributed by atoms with Crippen LogP contribution >= 0.6 is 0 Å². The van der Waals surface area contributed by atoms with Gasteiger partial charge in [0.25, 0.3) is 0 Å². The Balaban J connectivity index is 1.09. The van der Waals surface area contributed by atoms with Crippen LogP contribution in [-0.2, 0) is 5.41 Å². The lowest BCUT2D eigenvalue weighted by atomic mass is 9.78. The molecule has 0 spiro atoms. The van der Waals surface area contributed by atoms with E-state index in [4.69, 9.17) is 9.97 Å². The van der Waals surface area contributed by atoms with Crippen LogP contribution in [0.3, 0.4) is 0 Å². The molecule has 0 unspecified atom stereocenters. The standard InChI is InChI=1S/C52H38N4/c1-52(29-10-4-11-30-52)51-50-44-33-41(24-27-48(44)56(49(50)28-32-54-51)43-25-22-37(23-26-43)36-13-5-2-6-14-36)38-18-20-39(21-19-38)42-34-46(40-15-7-3-8-16-40)55-47(35-42)45-17-9-12-31-53-45/h2-29,31-35H,30H2,1H3/t52-/m1/s1. The summed E-state index contributed by atoms with van der Waals surface area (Å²) in [7, 11) is 0. The first-order valence-electron chi connectivity index (χ1n) is 19.1. The van der Waals surface area contributed by atoms with Crippen molar-refractivity contribution in [2.45, 2.75) is 18.8 Å². The van der Waals surface area contributed by atoms with E-state index in [1.54, 1.807) is 0 Å². The van der Waals surface area contributed by atoms with Crippen molar-refractivity contribution in [1.29, 1.82) is 0 Å². The van der Waals surface area contributed by atoms with Crippen molar-refractivity contribution in [2.75, 3.05) is 0 Å². The number of rotatable bonds is 7. The van der Waals surface area contributed by atoms with Crippen LogP contribution in [0, 0.1) is 0 Å². The second kappa shape index (κ2) is 13.9. The maximum Gasteiger partial charge on any atom is 0.0899 e. The van der Waals surface area contributed by atoms with Crippen LogP contribution in [0.4, 0.5) is 0 Å². The van der Waals surface area contributed by atoms with E-state index in [0.29, 0.717) is 0 Å². The Hall–Kier alpha value is -7.17. The molecule has 0 bridgehead atoms. The van der Waals surface area contributed by atoms with E-state index in [0.717, 1.165) is 73.7 Å². The molecule has 0 saturated heterocycles. The number of hydrogen-bond donors (Lipinski definition) is 0. The van der Waals surface area contributed by atoms with Gasteiger partial charge in [-0.2, -0.15) is 0 Å². The third-order valence-electron chi connectivity index (χ3n) is 11.1. The zero-order valence-corrected chi connectivity index (χ0v) is 31.0. The fourth-order valence-electron chi connectivity index (χ4n) is 8.15. The van der Waals surface area contributed by atoms with E-state index < -0.39 is 0 Å². The molecule has 266 valence electrons. The first-order chi connectivity index (χ1) is 27.6. The Bertz CT molecular complexity index is 2850. The lowest BCUT2D eigenvalue weighted by Crippen LogP contribution is -2.21. The summed E-state index contributed by atoms with van der Waals surface area (Å²) in [4.78, 5) is 14.8. The zero-order chi connectivity index (χ0) is 37.5. The molecule has 1 aliphatic rings. The fourth-order valence-corrected chi connectivity index (χ4v) is 8.15. The van der Waals surface area contributed by atoms with Gasteiger partial charge < -0.3 is 4.57 Å². The van der Waals surface area contributed by atoms with Gasteiger partial charge in [-0.3, -0.25) is 9.97 Å². The summed E-state index contributed by atoms with van der Waals surface area (Å²) in [6.45, 7) is 2.30. The predicted octanol–water partition coefficient (Wildman–Crippen LogP) is 13.1. The summed E-state index contributed by atoms with van der Waals surface area (Å²) in [6, 6.07) is 58.1. The predicted molar refractivity (Wildman–Crippen MR) is 232 cm³/mol. The van der Waals surface area contributed by atoms with Gasteiger partial charge in [-0.1, -0.05) is 140 Å². The molecule has 9 aromatic rings. The number of fused-ring (bicyclic) bond motifs is 3. The largest absolute Gasteiger partial charge is 0.309 e. The smallest absolute Gasteiger partial charge is 0.0899 e. The molecular weight excluding hydrogens is 681 g/mol. The summed E-state index contributed by atoms with van der Waals surface area (Å²) >= 11 is 0. The van der Waals surface area contributed by atoms with Crippen molar-refractivity contribution >= 4 is 21.8 Å². The van der Waals surface area contributed by atoms with Crippen LogP contribution < -0.4 is 0 Å². The first-order valence-corrected chi connectivity index (χ1v) is 19.1. The molecule has 1 atom stereocenters. The minimum atomic E-state index is -0.223. The second-order valence-electron chi connectivity index (χ2n) is 14.7. The number of nitrogens with zero attached hydrogens (tertiary/aromatic N) is 4. The van der Waals surface area contributed by atoms with Crippen molar-refractivity contribution in [1.82, 2.24) is 19.5 Å². The highest BCUT2D eigenvalue weighted by Gasteiger charge is 2.30. The Morgan fingerprint density at radius 2 is 1.12 bits per heavy atom. The summed E-state index contributed by atoms with van der Waals surface area (Å²) < 4.78 is 2.40. The first kappa shape index (κ1) is 33.4. The van der Waals surface area contributed by atoms with Gasteiger partial charge in [0.1, 0.15) is 0 Å². The quantitative estimate of drug-likeness (QED) is 0.165. The monoisotopic (exact) mass is 718 g/mol. The lowest BCUT2D eigenvalue weighted by molar-refractivity contribution is 0.586. The van der Waals surface area contributed by atoms with Crippen LogP contribution in [0.1, 0.15) is 19.0 Å². The topological polar surface area (TPSA) is 43.6 Å². The highest BCUT2D eigenvalue weighted by molar-refractivity contribution is 6.12.